The van der Waals surface area contributed by atoms with Crippen LogP contribution >= 0.6 is 11.8 Å². The molecule has 0 atom stereocenters. The summed E-state index contributed by atoms with van der Waals surface area (Å²) < 4.78 is 0. The highest BCUT2D eigenvalue weighted by Gasteiger charge is 2.00. The van der Waals surface area contributed by atoms with Gasteiger partial charge in [0.2, 0.25) is 5.91 Å². The largest absolute Gasteiger partial charge is 0.311 e. The van der Waals surface area contributed by atoms with E-state index in [1.54, 1.807) is 17.8 Å². The summed E-state index contributed by atoms with van der Waals surface area (Å²) in [6.45, 7) is 1.81. The monoisotopic (exact) mass is 196 g/mol. The van der Waals surface area contributed by atoms with Crippen molar-refractivity contribution in [2.45, 2.75) is 18.4 Å². The van der Waals surface area contributed by atoms with Crippen LogP contribution in [0.5, 0.6) is 0 Å². The number of hydrogen-bond acceptors (Lipinski definition) is 3. The van der Waals surface area contributed by atoms with Crippen molar-refractivity contribution in [1.29, 1.82) is 0 Å². The molecule has 0 aliphatic heterocycles. The zero-order valence-electron chi connectivity index (χ0n) is 7.70. The zero-order chi connectivity index (χ0) is 9.68. The van der Waals surface area contributed by atoms with Crippen LogP contribution in [0.3, 0.4) is 0 Å². The summed E-state index contributed by atoms with van der Waals surface area (Å²) in [5, 5.41) is 3.61. The number of carbonyl (C=O) groups excluding carboxylic acids is 1. The molecule has 13 heavy (non-hydrogen) atoms. The standard InChI is InChI=1S/C9H12N2OS/c1-3-8(12)10-7-5-4-6-9(11-7)13-2/h4-6H,3H2,1-2H3,(H,10,11,12). The van der Waals surface area contributed by atoms with Crippen LogP contribution in [0.1, 0.15) is 13.3 Å². The lowest BCUT2D eigenvalue weighted by Crippen LogP contribution is -2.10. The van der Waals surface area contributed by atoms with E-state index < -0.39 is 0 Å². The highest BCUT2D eigenvalue weighted by atomic mass is 32.2. The molecule has 0 saturated carbocycles. The van der Waals surface area contributed by atoms with Gasteiger partial charge in [0.25, 0.3) is 0 Å². The van der Waals surface area contributed by atoms with E-state index in [9.17, 15) is 4.79 Å². The first kappa shape index (κ1) is 10.1. The van der Waals surface area contributed by atoms with Crippen LogP contribution in [0.25, 0.3) is 0 Å². The third-order valence-electron chi connectivity index (χ3n) is 1.52. The molecule has 1 heterocycles. The van der Waals surface area contributed by atoms with Gasteiger partial charge in [-0.3, -0.25) is 4.79 Å². The lowest BCUT2D eigenvalue weighted by Gasteiger charge is -2.03. The van der Waals surface area contributed by atoms with E-state index in [-0.39, 0.29) is 5.91 Å². The number of nitrogens with zero attached hydrogens (tertiary/aromatic N) is 1. The topological polar surface area (TPSA) is 42.0 Å². The van der Waals surface area contributed by atoms with Gasteiger partial charge in [-0.05, 0) is 18.4 Å². The maximum absolute atomic E-state index is 11.0. The van der Waals surface area contributed by atoms with Crippen LogP contribution in [-0.4, -0.2) is 17.1 Å². The molecular weight excluding hydrogens is 184 g/mol. The number of aromatic nitrogens is 1. The van der Waals surface area contributed by atoms with Crippen molar-refractivity contribution >= 4 is 23.5 Å². The number of pyridine rings is 1. The second kappa shape index (κ2) is 4.87. The van der Waals surface area contributed by atoms with Crippen LogP contribution < -0.4 is 5.32 Å². The normalized spacial score (nSPS) is 9.69. The zero-order valence-corrected chi connectivity index (χ0v) is 8.52. The number of anilines is 1. The molecule has 0 aliphatic carbocycles. The van der Waals surface area contributed by atoms with Gasteiger partial charge in [-0.2, -0.15) is 0 Å². The first-order valence-corrected chi connectivity index (χ1v) is 5.29. The molecule has 1 N–H and O–H groups in total. The number of thioether (sulfide) groups is 1. The van der Waals surface area contributed by atoms with Crippen molar-refractivity contribution in [3.63, 3.8) is 0 Å². The van der Waals surface area contributed by atoms with Gasteiger partial charge in [0.15, 0.2) is 0 Å². The van der Waals surface area contributed by atoms with E-state index in [1.807, 2.05) is 25.3 Å². The van der Waals surface area contributed by atoms with Crippen molar-refractivity contribution in [1.82, 2.24) is 4.98 Å². The molecule has 0 bridgehead atoms. The summed E-state index contributed by atoms with van der Waals surface area (Å²) in [7, 11) is 0. The summed E-state index contributed by atoms with van der Waals surface area (Å²) >= 11 is 1.56. The highest BCUT2D eigenvalue weighted by molar-refractivity contribution is 7.98. The summed E-state index contributed by atoms with van der Waals surface area (Å²) in [6.07, 6.45) is 2.43. The van der Waals surface area contributed by atoms with Crippen molar-refractivity contribution in [2.24, 2.45) is 0 Å². The van der Waals surface area contributed by atoms with Gasteiger partial charge in [0.05, 0.1) is 5.03 Å². The molecule has 70 valence electrons. The highest BCUT2D eigenvalue weighted by Crippen LogP contribution is 2.13. The molecular formula is C9H12N2OS. The quantitative estimate of drug-likeness (QED) is 0.753. The molecule has 4 heteroatoms. The average molecular weight is 196 g/mol. The van der Waals surface area contributed by atoms with E-state index in [0.29, 0.717) is 12.2 Å². The van der Waals surface area contributed by atoms with Gasteiger partial charge in [0, 0.05) is 6.42 Å². The van der Waals surface area contributed by atoms with Crippen molar-refractivity contribution in [3.8, 4) is 0 Å². The maximum atomic E-state index is 11.0. The van der Waals surface area contributed by atoms with E-state index in [0.717, 1.165) is 5.03 Å². The summed E-state index contributed by atoms with van der Waals surface area (Å²) in [5.41, 5.74) is 0. The SMILES string of the molecule is CCC(=O)Nc1cccc(SC)n1. The summed E-state index contributed by atoms with van der Waals surface area (Å²) in [4.78, 5) is 15.2. The Morgan fingerprint density at radius 1 is 1.62 bits per heavy atom. The van der Waals surface area contributed by atoms with Crippen molar-refractivity contribution < 1.29 is 4.79 Å². The molecule has 3 nitrogen and oxygen atoms in total. The van der Waals surface area contributed by atoms with Crippen LogP contribution in [0.2, 0.25) is 0 Å². The predicted molar refractivity (Wildman–Crippen MR) is 54.9 cm³/mol. The Labute approximate surface area is 81.9 Å². The van der Waals surface area contributed by atoms with Crippen LogP contribution in [0, 0.1) is 0 Å². The van der Waals surface area contributed by atoms with Crippen molar-refractivity contribution in [3.05, 3.63) is 18.2 Å². The van der Waals surface area contributed by atoms with Crippen LogP contribution in [0.15, 0.2) is 23.2 Å². The van der Waals surface area contributed by atoms with Crippen LogP contribution in [-0.2, 0) is 4.79 Å². The first-order valence-electron chi connectivity index (χ1n) is 4.07. The molecule has 0 radical (unpaired) electrons. The lowest BCUT2D eigenvalue weighted by atomic mass is 10.4. The van der Waals surface area contributed by atoms with Crippen LogP contribution in [0.4, 0.5) is 5.82 Å². The fraction of sp³-hybridized carbons (Fsp3) is 0.333. The first-order chi connectivity index (χ1) is 6.26. The number of amides is 1. The minimum Gasteiger partial charge on any atom is -0.311 e. The van der Waals surface area contributed by atoms with Gasteiger partial charge in [-0.15, -0.1) is 11.8 Å². The molecule has 0 fully saturated rings. The minimum absolute atomic E-state index is 0.00856. The number of nitrogens with one attached hydrogen (secondary N) is 1. The molecule has 0 unspecified atom stereocenters. The van der Waals surface area contributed by atoms with E-state index in [1.165, 1.54) is 0 Å². The Kier molecular flexibility index (Phi) is 3.76. The average Bonchev–Trinajstić information content (AvgIpc) is 2.18. The Morgan fingerprint density at radius 2 is 2.38 bits per heavy atom. The maximum Gasteiger partial charge on any atom is 0.225 e. The Morgan fingerprint density at radius 3 is 3.00 bits per heavy atom. The molecule has 1 rings (SSSR count). The Balaban J connectivity index is 2.71. The molecule has 1 aromatic heterocycles. The third-order valence-corrected chi connectivity index (χ3v) is 2.17. The molecule has 0 spiro atoms. The summed E-state index contributed by atoms with van der Waals surface area (Å²) in [6, 6.07) is 5.57. The summed E-state index contributed by atoms with van der Waals surface area (Å²) in [5.74, 6) is 0.615. The Bertz CT molecular complexity index is 301. The van der Waals surface area contributed by atoms with E-state index in [2.05, 4.69) is 10.3 Å². The van der Waals surface area contributed by atoms with Gasteiger partial charge in [0.1, 0.15) is 5.82 Å². The second-order valence-electron chi connectivity index (χ2n) is 2.47. The smallest absolute Gasteiger partial charge is 0.225 e. The van der Waals surface area contributed by atoms with Gasteiger partial charge in [-0.1, -0.05) is 13.0 Å². The molecule has 1 aromatic rings. The fourth-order valence-corrected chi connectivity index (χ4v) is 1.23. The van der Waals surface area contributed by atoms with Gasteiger partial charge >= 0.3 is 0 Å². The molecule has 0 aliphatic rings. The predicted octanol–water partition coefficient (Wildman–Crippen LogP) is 2.15. The van der Waals surface area contributed by atoms with Gasteiger partial charge < -0.3 is 5.32 Å². The fourth-order valence-electron chi connectivity index (χ4n) is 0.829. The van der Waals surface area contributed by atoms with Crippen molar-refractivity contribution in [2.75, 3.05) is 11.6 Å². The lowest BCUT2D eigenvalue weighted by molar-refractivity contribution is -0.115. The molecule has 1 amide bonds. The third kappa shape index (κ3) is 3.06. The van der Waals surface area contributed by atoms with E-state index >= 15 is 0 Å². The van der Waals surface area contributed by atoms with Gasteiger partial charge in [-0.25, -0.2) is 4.98 Å². The molecule has 0 aromatic carbocycles. The number of carbonyl (C=O) groups is 1. The Hall–Kier alpha value is -1.03. The van der Waals surface area contributed by atoms with E-state index in [4.69, 9.17) is 0 Å². The number of rotatable bonds is 3. The second-order valence-corrected chi connectivity index (χ2v) is 3.29. The minimum atomic E-state index is -0.00856. The number of hydrogen-bond donors (Lipinski definition) is 1. The molecule has 0 saturated heterocycles.